The Balaban J connectivity index is 3.98. The summed E-state index contributed by atoms with van der Waals surface area (Å²) in [5.74, 6) is -0.00602. The van der Waals surface area contributed by atoms with Gasteiger partial charge in [0.25, 0.3) is 0 Å². The van der Waals surface area contributed by atoms with Gasteiger partial charge in [0.2, 0.25) is 5.91 Å². The Hall–Kier alpha value is -0.870. The molecule has 4 nitrogen and oxygen atoms in total. The molecule has 88 valence electrons. The Morgan fingerprint density at radius 1 is 1.67 bits per heavy atom. The van der Waals surface area contributed by atoms with Crippen molar-refractivity contribution in [3.63, 3.8) is 0 Å². The third-order valence-electron chi connectivity index (χ3n) is 2.22. The van der Waals surface area contributed by atoms with Crippen LogP contribution in [0.5, 0.6) is 0 Å². The number of likely N-dealkylation sites (N-methyl/N-ethyl adjacent to an activating group) is 1. The van der Waals surface area contributed by atoms with Crippen LogP contribution in [0.15, 0.2) is 12.7 Å². The topological polar surface area (TPSA) is 55.6 Å². The molecule has 0 fully saturated rings. The van der Waals surface area contributed by atoms with E-state index in [0.29, 0.717) is 26.1 Å². The fraction of sp³-hybridized carbons (Fsp3) is 0.727. The minimum Gasteiger partial charge on any atom is -0.385 e. The van der Waals surface area contributed by atoms with Gasteiger partial charge in [0.1, 0.15) is 0 Å². The van der Waals surface area contributed by atoms with E-state index in [-0.39, 0.29) is 5.91 Å². The van der Waals surface area contributed by atoms with Crippen LogP contribution in [-0.4, -0.2) is 43.7 Å². The number of nitrogens with zero attached hydrogens (tertiary/aromatic N) is 1. The SMILES string of the molecule is C=CCN(CC)C(=O)C(N)CCCOC. The van der Waals surface area contributed by atoms with Gasteiger partial charge in [-0.2, -0.15) is 0 Å². The van der Waals surface area contributed by atoms with Gasteiger partial charge >= 0.3 is 0 Å². The predicted molar refractivity (Wildman–Crippen MR) is 61.5 cm³/mol. The number of methoxy groups -OCH3 is 1. The average molecular weight is 214 g/mol. The number of hydrogen-bond donors (Lipinski definition) is 1. The van der Waals surface area contributed by atoms with Crippen molar-refractivity contribution in [3.05, 3.63) is 12.7 Å². The largest absolute Gasteiger partial charge is 0.385 e. The third kappa shape index (κ3) is 5.54. The molecule has 0 radical (unpaired) electrons. The van der Waals surface area contributed by atoms with Crippen LogP contribution >= 0.6 is 0 Å². The van der Waals surface area contributed by atoms with Gasteiger partial charge in [-0.3, -0.25) is 4.79 Å². The summed E-state index contributed by atoms with van der Waals surface area (Å²) in [6.07, 6.45) is 3.19. The number of nitrogens with two attached hydrogens (primary N) is 1. The summed E-state index contributed by atoms with van der Waals surface area (Å²) in [5, 5.41) is 0. The smallest absolute Gasteiger partial charge is 0.239 e. The maximum Gasteiger partial charge on any atom is 0.239 e. The zero-order chi connectivity index (χ0) is 11.7. The molecule has 0 aromatic heterocycles. The second-order valence-corrected chi connectivity index (χ2v) is 3.41. The van der Waals surface area contributed by atoms with Crippen molar-refractivity contribution in [2.45, 2.75) is 25.8 Å². The first-order valence-corrected chi connectivity index (χ1v) is 5.31. The molecule has 0 aromatic rings. The Labute approximate surface area is 92.1 Å². The van der Waals surface area contributed by atoms with Gasteiger partial charge < -0.3 is 15.4 Å². The molecule has 0 bridgehead atoms. The summed E-state index contributed by atoms with van der Waals surface area (Å²) in [6, 6.07) is -0.417. The molecule has 15 heavy (non-hydrogen) atoms. The molecule has 0 aliphatic carbocycles. The van der Waals surface area contributed by atoms with Crippen molar-refractivity contribution < 1.29 is 9.53 Å². The number of hydrogen-bond acceptors (Lipinski definition) is 3. The van der Waals surface area contributed by atoms with E-state index >= 15 is 0 Å². The zero-order valence-corrected chi connectivity index (χ0v) is 9.74. The summed E-state index contributed by atoms with van der Waals surface area (Å²) in [5.41, 5.74) is 5.78. The lowest BCUT2D eigenvalue weighted by Gasteiger charge is -2.22. The lowest BCUT2D eigenvalue weighted by atomic mass is 10.1. The van der Waals surface area contributed by atoms with Crippen LogP contribution in [-0.2, 0) is 9.53 Å². The molecular formula is C11H22N2O2. The molecule has 0 aliphatic heterocycles. The second kappa shape index (κ2) is 8.44. The average Bonchev–Trinajstić information content (AvgIpc) is 2.25. The molecule has 0 heterocycles. The van der Waals surface area contributed by atoms with Crippen LogP contribution in [0.4, 0.5) is 0 Å². The monoisotopic (exact) mass is 214 g/mol. The molecule has 2 N–H and O–H groups in total. The Morgan fingerprint density at radius 3 is 2.80 bits per heavy atom. The molecule has 0 spiro atoms. The predicted octanol–water partition coefficient (Wildman–Crippen LogP) is 0.775. The van der Waals surface area contributed by atoms with E-state index in [4.69, 9.17) is 10.5 Å². The minimum absolute atomic E-state index is 0.00602. The molecule has 0 aromatic carbocycles. The van der Waals surface area contributed by atoms with Crippen molar-refractivity contribution in [2.75, 3.05) is 26.8 Å². The first-order chi connectivity index (χ1) is 7.17. The van der Waals surface area contributed by atoms with E-state index in [2.05, 4.69) is 6.58 Å². The highest BCUT2D eigenvalue weighted by molar-refractivity contribution is 5.81. The standard InChI is InChI=1S/C11H22N2O2/c1-4-8-13(5-2)11(14)10(12)7-6-9-15-3/h4,10H,1,5-9,12H2,2-3H3. The number of carbonyl (C=O) groups excluding carboxylic acids is 1. The highest BCUT2D eigenvalue weighted by Gasteiger charge is 2.18. The van der Waals surface area contributed by atoms with Crippen molar-refractivity contribution in [3.8, 4) is 0 Å². The lowest BCUT2D eigenvalue weighted by Crippen LogP contribution is -2.43. The molecule has 0 saturated heterocycles. The van der Waals surface area contributed by atoms with Gasteiger partial charge in [0.15, 0.2) is 0 Å². The molecule has 1 amide bonds. The highest BCUT2D eigenvalue weighted by atomic mass is 16.5. The van der Waals surface area contributed by atoms with E-state index in [1.165, 1.54) is 0 Å². The summed E-state index contributed by atoms with van der Waals surface area (Å²) in [6.45, 7) is 7.42. The molecule has 0 aliphatic rings. The van der Waals surface area contributed by atoms with Gasteiger partial charge in [0.05, 0.1) is 6.04 Å². The molecule has 1 unspecified atom stereocenters. The van der Waals surface area contributed by atoms with E-state index in [0.717, 1.165) is 6.42 Å². The van der Waals surface area contributed by atoms with Crippen LogP contribution in [0.2, 0.25) is 0 Å². The van der Waals surface area contributed by atoms with Gasteiger partial charge in [-0.1, -0.05) is 6.08 Å². The van der Waals surface area contributed by atoms with E-state index in [1.54, 1.807) is 18.1 Å². The van der Waals surface area contributed by atoms with Gasteiger partial charge in [0, 0.05) is 26.8 Å². The van der Waals surface area contributed by atoms with Crippen molar-refractivity contribution >= 4 is 5.91 Å². The van der Waals surface area contributed by atoms with E-state index in [9.17, 15) is 4.79 Å². The van der Waals surface area contributed by atoms with E-state index in [1.807, 2.05) is 6.92 Å². The number of carbonyl (C=O) groups is 1. The Kier molecular flexibility index (Phi) is 7.95. The molecule has 1 atom stereocenters. The lowest BCUT2D eigenvalue weighted by molar-refractivity contribution is -0.132. The third-order valence-corrected chi connectivity index (χ3v) is 2.22. The Morgan fingerprint density at radius 2 is 2.33 bits per heavy atom. The zero-order valence-electron chi connectivity index (χ0n) is 9.74. The van der Waals surface area contributed by atoms with Crippen LogP contribution in [0, 0.1) is 0 Å². The summed E-state index contributed by atoms with van der Waals surface area (Å²) in [4.78, 5) is 13.5. The number of rotatable bonds is 8. The fourth-order valence-electron chi connectivity index (χ4n) is 1.34. The van der Waals surface area contributed by atoms with Crippen LogP contribution < -0.4 is 5.73 Å². The summed E-state index contributed by atoms with van der Waals surface area (Å²) < 4.78 is 4.91. The second-order valence-electron chi connectivity index (χ2n) is 3.41. The normalized spacial score (nSPS) is 12.2. The summed E-state index contributed by atoms with van der Waals surface area (Å²) in [7, 11) is 1.64. The number of ether oxygens (including phenoxy) is 1. The van der Waals surface area contributed by atoms with Crippen LogP contribution in [0.3, 0.4) is 0 Å². The molecule has 4 heteroatoms. The quantitative estimate of drug-likeness (QED) is 0.480. The maximum atomic E-state index is 11.8. The minimum atomic E-state index is -0.417. The molecule has 0 rings (SSSR count). The fourth-order valence-corrected chi connectivity index (χ4v) is 1.34. The highest BCUT2D eigenvalue weighted by Crippen LogP contribution is 2.00. The van der Waals surface area contributed by atoms with Crippen LogP contribution in [0.1, 0.15) is 19.8 Å². The van der Waals surface area contributed by atoms with Crippen molar-refractivity contribution in [1.82, 2.24) is 4.90 Å². The first-order valence-electron chi connectivity index (χ1n) is 5.31. The summed E-state index contributed by atoms with van der Waals surface area (Å²) >= 11 is 0. The number of amides is 1. The van der Waals surface area contributed by atoms with Crippen LogP contribution in [0.25, 0.3) is 0 Å². The van der Waals surface area contributed by atoms with Gasteiger partial charge in [-0.25, -0.2) is 0 Å². The van der Waals surface area contributed by atoms with Crippen molar-refractivity contribution in [1.29, 1.82) is 0 Å². The molecule has 0 saturated carbocycles. The van der Waals surface area contributed by atoms with Crippen molar-refractivity contribution in [2.24, 2.45) is 5.73 Å². The van der Waals surface area contributed by atoms with Gasteiger partial charge in [-0.15, -0.1) is 6.58 Å². The molecular weight excluding hydrogens is 192 g/mol. The maximum absolute atomic E-state index is 11.8. The van der Waals surface area contributed by atoms with Gasteiger partial charge in [-0.05, 0) is 19.8 Å². The first kappa shape index (κ1) is 14.1. The Bertz CT molecular complexity index is 195. The van der Waals surface area contributed by atoms with E-state index < -0.39 is 6.04 Å².